The molecule has 0 bridgehead atoms. The van der Waals surface area contributed by atoms with Gasteiger partial charge in [-0.25, -0.2) is 0 Å². The maximum Gasteiger partial charge on any atom is 0.252 e. The van der Waals surface area contributed by atoms with Gasteiger partial charge in [0.15, 0.2) is 5.82 Å². The van der Waals surface area contributed by atoms with Crippen LogP contribution < -0.4 is 0 Å². The van der Waals surface area contributed by atoms with E-state index < -0.39 is 0 Å². The van der Waals surface area contributed by atoms with Gasteiger partial charge in [-0.1, -0.05) is 29.4 Å². The average Bonchev–Trinajstić information content (AvgIpc) is 3.38. The van der Waals surface area contributed by atoms with Crippen LogP contribution in [-0.2, 0) is 17.9 Å². The maximum absolute atomic E-state index is 5.10. The minimum Gasteiger partial charge on any atom is -0.375 e. The lowest BCUT2D eigenvalue weighted by molar-refractivity contribution is 0.151. The minimum absolute atomic E-state index is 0.312. The molecule has 0 spiro atoms. The molecule has 25 heavy (non-hydrogen) atoms. The average molecular weight is 352 g/mol. The Bertz CT molecular complexity index is 959. The first kappa shape index (κ1) is 15.7. The van der Waals surface area contributed by atoms with Crippen LogP contribution in [0.4, 0.5) is 0 Å². The standard InChI is InChI=1S/C18H16N4O2S/c1-23-12-18-19-17(21-24-18)11-22-8-7-15(20-22)13-4-2-5-14(10-13)16-6-3-9-25-16/h2-10H,11-12H2,1H3. The van der Waals surface area contributed by atoms with Gasteiger partial charge in [-0.2, -0.15) is 10.1 Å². The molecule has 7 heteroatoms. The molecule has 0 saturated carbocycles. The Balaban J connectivity index is 1.53. The summed E-state index contributed by atoms with van der Waals surface area (Å²) in [6, 6.07) is 14.6. The smallest absolute Gasteiger partial charge is 0.252 e. The van der Waals surface area contributed by atoms with Crippen LogP contribution in [0.5, 0.6) is 0 Å². The van der Waals surface area contributed by atoms with E-state index >= 15 is 0 Å². The monoisotopic (exact) mass is 352 g/mol. The molecular weight excluding hydrogens is 336 g/mol. The molecule has 3 aromatic heterocycles. The Hall–Kier alpha value is -2.77. The number of ether oxygens (including phenoxy) is 1. The number of thiophene rings is 1. The highest BCUT2D eigenvalue weighted by Crippen LogP contribution is 2.28. The van der Waals surface area contributed by atoms with Crippen molar-refractivity contribution in [3.8, 4) is 21.7 Å². The Kier molecular flexibility index (Phi) is 4.41. The van der Waals surface area contributed by atoms with E-state index in [1.54, 1.807) is 23.1 Å². The lowest BCUT2D eigenvalue weighted by Crippen LogP contribution is -2.02. The van der Waals surface area contributed by atoms with Gasteiger partial charge in [0.25, 0.3) is 5.89 Å². The Labute approximate surface area is 148 Å². The van der Waals surface area contributed by atoms with E-state index in [1.807, 2.05) is 12.3 Å². The second-order valence-electron chi connectivity index (χ2n) is 5.49. The molecule has 6 nitrogen and oxygen atoms in total. The predicted molar refractivity (Wildman–Crippen MR) is 95.1 cm³/mol. The quantitative estimate of drug-likeness (QED) is 0.527. The number of hydrogen-bond donors (Lipinski definition) is 0. The molecule has 0 radical (unpaired) electrons. The van der Waals surface area contributed by atoms with E-state index in [-0.39, 0.29) is 0 Å². The van der Waals surface area contributed by atoms with E-state index in [9.17, 15) is 0 Å². The lowest BCUT2D eigenvalue weighted by Gasteiger charge is -2.01. The topological polar surface area (TPSA) is 66.0 Å². The second-order valence-corrected chi connectivity index (χ2v) is 6.44. The number of hydrogen-bond acceptors (Lipinski definition) is 6. The van der Waals surface area contributed by atoms with Crippen LogP contribution in [0.15, 0.2) is 58.6 Å². The zero-order valence-electron chi connectivity index (χ0n) is 13.6. The first-order valence-corrected chi connectivity index (χ1v) is 8.68. The van der Waals surface area contributed by atoms with Crippen LogP contribution in [0.25, 0.3) is 21.7 Å². The zero-order valence-corrected chi connectivity index (χ0v) is 14.4. The molecule has 3 heterocycles. The molecule has 4 aromatic rings. The second kappa shape index (κ2) is 7.00. The molecule has 0 aliphatic carbocycles. The van der Waals surface area contributed by atoms with Gasteiger partial charge in [-0.3, -0.25) is 4.68 Å². The molecule has 4 rings (SSSR count). The lowest BCUT2D eigenvalue weighted by atomic mass is 10.1. The molecule has 1 aromatic carbocycles. The summed E-state index contributed by atoms with van der Waals surface area (Å²) < 4.78 is 11.9. The molecule has 0 unspecified atom stereocenters. The molecule has 0 aliphatic heterocycles. The van der Waals surface area contributed by atoms with Crippen LogP contribution >= 0.6 is 11.3 Å². The maximum atomic E-state index is 5.10. The molecule has 0 fully saturated rings. The normalized spacial score (nSPS) is 11.1. The third kappa shape index (κ3) is 3.52. The minimum atomic E-state index is 0.312. The zero-order chi connectivity index (χ0) is 17.1. The summed E-state index contributed by atoms with van der Waals surface area (Å²) in [5, 5.41) is 10.6. The first-order valence-electron chi connectivity index (χ1n) is 7.80. The van der Waals surface area contributed by atoms with Crippen molar-refractivity contribution in [1.82, 2.24) is 19.9 Å². The molecule has 126 valence electrons. The van der Waals surface area contributed by atoms with Gasteiger partial charge in [0, 0.05) is 23.7 Å². The van der Waals surface area contributed by atoms with E-state index in [1.165, 1.54) is 10.4 Å². The van der Waals surface area contributed by atoms with Crippen molar-refractivity contribution in [2.24, 2.45) is 0 Å². The van der Waals surface area contributed by atoms with Gasteiger partial charge in [0.2, 0.25) is 0 Å². The van der Waals surface area contributed by atoms with Crippen LogP contribution in [0.1, 0.15) is 11.7 Å². The Morgan fingerprint density at radius 1 is 1.16 bits per heavy atom. The van der Waals surface area contributed by atoms with Crippen molar-refractivity contribution >= 4 is 11.3 Å². The highest BCUT2D eigenvalue weighted by molar-refractivity contribution is 7.13. The van der Waals surface area contributed by atoms with Gasteiger partial charge in [-0.05, 0) is 29.1 Å². The molecular formula is C18H16N4O2S. The van der Waals surface area contributed by atoms with Crippen LogP contribution in [0.3, 0.4) is 0 Å². The van der Waals surface area contributed by atoms with E-state index in [2.05, 4.69) is 57.0 Å². The SMILES string of the molecule is COCc1nc(Cn2ccc(-c3cccc(-c4cccs4)c3)n2)no1. The fourth-order valence-corrected chi connectivity index (χ4v) is 3.28. The van der Waals surface area contributed by atoms with Crippen molar-refractivity contribution in [3.63, 3.8) is 0 Å². The van der Waals surface area contributed by atoms with Crippen molar-refractivity contribution in [2.75, 3.05) is 7.11 Å². The Morgan fingerprint density at radius 3 is 2.92 bits per heavy atom. The summed E-state index contributed by atoms with van der Waals surface area (Å²) in [7, 11) is 1.59. The van der Waals surface area contributed by atoms with Crippen LogP contribution in [0, 0.1) is 0 Å². The highest BCUT2D eigenvalue weighted by atomic mass is 32.1. The van der Waals surface area contributed by atoms with Gasteiger partial charge in [-0.15, -0.1) is 11.3 Å². The first-order chi connectivity index (χ1) is 12.3. The summed E-state index contributed by atoms with van der Waals surface area (Å²) in [4.78, 5) is 5.51. The van der Waals surface area contributed by atoms with Crippen molar-refractivity contribution < 1.29 is 9.26 Å². The molecule has 0 N–H and O–H groups in total. The number of nitrogens with zero attached hydrogens (tertiary/aromatic N) is 4. The fourth-order valence-electron chi connectivity index (χ4n) is 2.56. The molecule has 0 atom stereocenters. The summed E-state index contributed by atoms with van der Waals surface area (Å²) in [6.45, 7) is 0.769. The largest absolute Gasteiger partial charge is 0.375 e. The fraction of sp³-hybridized carbons (Fsp3) is 0.167. The number of rotatable bonds is 6. The summed E-state index contributed by atoms with van der Waals surface area (Å²) >= 11 is 1.73. The molecule has 0 saturated heterocycles. The third-order valence-corrected chi connectivity index (χ3v) is 4.61. The Morgan fingerprint density at radius 2 is 2.08 bits per heavy atom. The number of aromatic nitrogens is 4. The van der Waals surface area contributed by atoms with Crippen LogP contribution in [-0.4, -0.2) is 27.0 Å². The number of methoxy groups -OCH3 is 1. The molecule has 0 amide bonds. The predicted octanol–water partition coefficient (Wildman–Crippen LogP) is 3.86. The van der Waals surface area contributed by atoms with E-state index in [0.717, 1.165) is 11.3 Å². The van der Waals surface area contributed by atoms with Crippen LogP contribution in [0.2, 0.25) is 0 Å². The summed E-state index contributed by atoms with van der Waals surface area (Å²) in [5.41, 5.74) is 3.20. The number of benzene rings is 1. The third-order valence-electron chi connectivity index (χ3n) is 3.69. The van der Waals surface area contributed by atoms with Gasteiger partial charge in [0.05, 0.1) is 5.69 Å². The van der Waals surface area contributed by atoms with Crippen molar-refractivity contribution in [3.05, 3.63) is 65.8 Å². The van der Waals surface area contributed by atoms with Gasteiger partial charge < -0.3 is 9.26 Å². The summed E-state index contributed by atoms with van der Waals surface area (Å²) in [6.07, 6.45) is 1.92. The molecule has 0 aliphatic rings. The van der Waals surface area contributed by atoms with Gasteiger partial charge >= 0.3 is 0 Å². The summed E-state index contributed by atoms with van der Waals surface area (Å²) in [5.74, 6) is 1.04. The van der Waals surface area contributed by atoms with Crippen molar-refractivity contribution in [1.29, 1.82) is 0 Å². The van der Waals surface area contributed by atoms with E-state index in [0.29, 0.717) is 24.9 Å². The van der Waals surface area contributed by atoms with Crippen molar-refractivity contribution in [2.45, 2.75) is 13.2 Å². The highest BCUT2D eigenvalue weighted by Gasteiger charge is 2.09. The van der Waals surface area contributed by atoms with Gasteiger partial charge in [0.1, 0.15) is 13.2 Å². The van der Waals surface area contributed by atoms with E-state index in [4.69, 9.17) is 9.26 Å².